The summed E-state index contributed by atoms with van der Waals surface area (Å²) in [6.45, 7) is 1.55. The minimum atomic E-state index is -0.220. The first-order chi connectivity index (χ1) is 12.2. The summed E-state index contributed by atoms with van der Waals surface area (Å²) in [6, 6.07) is 14.3. The summed E-state index contributed by atoms with van der Waals surface area (Å²) in [7, 11) is 1.65. The molecule has 0 aromatic heterocycles. The number of piperidine rings is 1. The number of halogens is 1. The van der Waals surface area contributed by atoms with Gasteiger partial charge in [-0.1, -0.05) is 29.8 Å². The van der Waals surface area contributed by atoms with Crippen LogP contribution in [0.2, 0.25) is 5.02 Å². The third-order valence-corrected chi connectivity index (χ3v) is 4.44. The van der Waals surface area contributed by atoms with E-state index in [4.69, 9.17) is 21.1 Å². The molecule has 0 unspecified atom stereocenters. The molecule has 25 heavy (non-hydrogen) atoms. The van der Waals surface area contributed by atoms with E-state index < -0.39 is 0 Å². The van der Waals surface area contributed by atoms with E-state index in [0.29, 0.717) is 28.6 Å². The molecular weight excluding hydrogens is 340 g/mol. The predicted octanol–water partition coefficient (Wildman–Crippen LogP) is 3.24. The highest BCUT2D eigenvalue weighted by Gasteiger charge is 2.27. The lowest BCUT2D eigenvalue weighted by Crippen LogP contribution is -2.53. The SMILES string of the molecule is CO[C@@H]1CNCC[C@@H]1NC(=O)c1cc(Cl)ccc1Oc1ccccc1. The summed E-state index contributed by atoms with van der Waals surface area (Å²) in [5.74, 6) is 0.911. The molecule has 3 rings (SSSR count). The van der Waals surface area contributed by atoms with Crippen molar-refractivity contribution in [2.45, 2.75) is 18.6 Å². The molecule has 0 spiro atoms. The van der Waals surface area contributed by atoms with Gasteiger partial charge in [-0.25, -0.2) is 0 Å². The van der Waals surface area contributed by atoms with Crippen LogP contribution in [0.4, 0.5) is 0 Å². The number of para-hydroxylation sites is 1. The van der Waals surface area contributed by atoms with E-state index in [1.54, 1.807) is 25.3 Å². The van der Waals surface area contributed by atoms with Crippen LogP contribution >= 0.6 is 11.6 Å². The first kappa shape index (κ1) is 17.7. The number of methoxy groups -OCH3 is 1. The van der Waals surface area contributed by atoms with Crippen LogP contribution in [-0.2, 0) is 4.74 Å². The molecule has 1 aliphatic heterocycles. The van der Waals surface area contributed by atoms with Crippen LogP contribution in [0.25, 0.3) is 0 Å². The Labute approximate surface area is 152 Å². The number of amides is 1. The van der Waals surface area contributed by atoms with Gasteiger partial charge in [-0.15, -0.1) is 0 Å². The van der Waals surface area contributed by atoms with E-state index >= 15 is 0 Å². The van der Waals surface area contributed by atoms with Crippen molar-refractivity contribution in [2.75, 3.05) is 20.2 Å². The van der Waals surface area contributed by atoms with E-state index in [2.05, 4.69) is 10.6 Å². The van der Waals surface area contributed by atoms with Crippen molar-refractivity contribution < 1.29 is 14.3 Å². The van der Waals surface area contributed by atoms with E-state index in [0.717, 1.165) is 13.0 Å². The van der Waals surface area contributed by atoms with Crippen LogP contribution < -0.4 is 15.4 Å². The molecule has 1 heterocycles. The Morgan fingerprint density at radius 3 is 2.80 bits per heavy atom. The van der Waals surface area contributed by atoms with Crippen molar-refractivity contribution in [3.63, 3.8) is 0 Å². The molecule has 0 saturated carbocycles. The van der Waals surface area contributed by atoms with Crippen LogP contribution in [-0.4, -0.2) is 38.3 Å². The van der Waals surface area contributed by atoms with E-state index in [9.17, 15) is 4.79 Å². The van der Waals surface area contributed by atoms with E-state index in [1.165, 1.54) is 0 Å². The summed E-state index contributed by atoms with van der Waals surface area (Å²) >= 11 is 6.09. The Morgan fingerprint density at radius 1 is 1.24 bits per heavy atom. The summed E-state index contributed by atoms with van der Waals surface area (Å²) in [4.78, 5) is 12.8. The second kappa shape index (κ2) is 8.34. The first-order valence-electron chi connectivity index (χ1n) is 8.24. The molecule has 2 aromatic carbocycles. The number of benzene rings is 2. The standard InChI is InChI=1S/C19H21ClN2O3/c1-24-18-12-21-10-9-16(18)22-19(23)15-11-13(20)7-8-17(15)25-14-5-3-2-4-6-14/h2-8,11,16,18,21H,9-10,12H2,1H3,(H,22,23)/t16-,18+/m0/s1. The lowest BCUT2D eigenvalue weighted by molar-refractivity contribution is 0.0476. The molecule has 1 aliphatic rings. The Kier molecular flexibility index (Phi) is 5.91. The van der Waals surface area contributed by atoms with Crippen molar-refractivity contribution in [3.8, 4) is 11.5 Å². The number of carbonyl (C=O) groups is 1. The topological polar surface area (TPSA) is 59.6 Å². The fraction of sp³-hybridized carbons (Fsp3) is 0.316. The minimum Gasteiger partial charge on any atom is -0.457 e. The highest BCUT2D eigenvalue weighted by atomic mass is 35.5. The molecule has 1 amide bonds. The third kappa shape index (κ3) is 4.51. The van der Waals surface area contributed by atoms with Crippen molar-refractivity contribution in [2.24, 2.45) is 0 Å². The van der Waals surface area contributed by atoms with Gasteiger partial charge in [0, 0.05) is 18.7 Å². The number of ether oxygens (including phenoxy) is 2. The molecule has 5 nitrogen and oxygen atoms in total. The summed E-state index contributed by atoms with van der Waals surface area (Å²) in [5, 5.41) is 6.79. The number of rotatable bonds is 5. The molecule has 132 valence electrons. The zero-order chi connectivity index (χ0) is 17.6. The van der Waals surface area contributed by atoms with Crippen molar-refractivity contribution in [1.29, 1.82) is 0 Å². The molecule has 1 fully saturated rings. The average molecular weight is 361 g/mol. The highest BCUT2D eigenvalue weighted by molar-refractivity contribution is 6.31. The average Bonchev–Trinajstić information content (AvgIpc) is 2.64. The van der Waals surface area contributed by atoms with Crippen molar-refractivity contribution in [1.82, 2.24) is 10.6 Å². The third-order valence-electron chi connectivity index (χ3n) is 4.20. The van der Waals surface area contributed by atoms with E-state index in [-0.39, 0.29) is 18.1 Å². The Hall–Kier alpha value is -2.08. The van der Waals surface area contributed by atoms with Gasteiger partial charge in [0.05, 0.1) is 17.7 Å². The molecule has 2 N–H and O–H groups in total. The molecule has 6 heteroatoms. The van der Waals surface area contributed by atoms with Gasteiger partial charge in [0.2, 0.25) is 0 Å². The summed E-state index contributed by atoms with van der Waals surface area (Å²) in [5.41, 5.74) is 0.407. The summed E-state index contributed by atoms with van der Waals surface area (Å²) < 4.78 is 11.3. The van der Waals surface area contributed by atoms with Crippen LogP contribution in [0.1, 0.15) is 16.8 Å². The number of hydrogen-bond acceptors (Lipinski definition) is 4. The molecule has 0 aliphatic carbocycles. The maximum absolute atomic E-state index is 12.8. The molecule has 2 atom stereocenters. The van der Waals surface area contributed by atoms with Crippen molar-refractivity contribution in [3.05, 3.63) is 59.1 Å². The number of hydrogen-bond donors (Lipinski definition) is 2. The molecule has 0 bridgehead atoms. The van der Waals surface area contributed by atoms with Crippen LogP contribution in [0.15, 0.2) is 48.5 Å². The zero-order valence-electron chi connectivity index (χ0n) is 14.0. The Morgan fingerprint density at radius 2 is 2.04 bits per heavy atom. The van der Waals surface area contributed by atoms with Gasteiger partial charge < -0.3 is 20.1 Å². The van der Waals surface area contributed by atoms with Crippen molar-refractivity contribution >= 4 is 17.5 Å². The molecule has 2 aromatic rings. The van der Waals surface area contributed by atoms with Gasteiger partial charge in [0.15, 0.2) is 0 Å². The van der Waals surface area contributed by atoms with Crippen LogP contribution in [0, 0.1) is 0 Å². The predicted molar refractivity (Wildman–Crippen MR) is 97.5 cm³/mol. The first-order valence-corrected chi connectivity index (χ1v) is 8.62. The zero-order valence-corrected chi connectivity index (χ0v) is 14.8. The fourth-order valence-corrected chi connectivity index (χ4v) is 3.05. The fourth-order valence-electron chi connectivity index (χ4n) is 2.87. The van der Waals surface area contributed by atoms with E-state index in [1.807, 2.05) is 30.3 Å². The van der Waals surface area contributed by atoms with Gasteiger partial charge in [-0.05, 0) is 43.3 Å². The van der Waals surface area contributed by atoms with Crippen LogP contribution in [0.5, 0.6) is 11.5 Å². The molecule has 1 saturated heterocycles. The lowest BCUT2D eigenvalue weighted by Gasteiger charge is -2.31. The van der Waals surface area contributed by atoms with Crippen LogP contribution in [0.3, 0.4) is 0 Å². The van der Waals surface area contributed by atoms with Gasteiger partial charge in [0.1, 0.15) is 11.5 Å². The quantitative estimate of drug-likeness (QED) is 0.859. The van der Waals surface area contributed by atoms with Gasteiger partial charge in [-0.3, -0.25) is 4.79 Å². The lowest BCUT2D eigenvalue weighted by atomic mass is 10.0. The second-order valence-electron chi connectivity index (χ2n) is 5.90. The van der Waals surface area contributed by atoms with Gasteiger partial charge in [-0.2, -0.15) is 0 Å². The highest BCUT2D eigenvalue weighted by Crippen LogP contribution is 2.28. The normalized spacial score (nSPS) is 20.1. The van der Waals surface area contributed by atoms with Gasteiger partial charge >= 0.3 is 0 Å². The van der Waals surface area contributed by atoms with Gasteiger partial charge in [0.25, 0.3) is 5.91 Å². The summed E-state index contributed by atoms with van der Waals surface area (Å²) in [6.07, 6.45) is 0.745. The molecular formula is C19H21ClN2O3. The maximum Gasteiger partial charge on any atom is 0.255 e. The number of carbonyl (C=O) groups excluding carboxylic acids is 1. The Bertz CT molecular complexity index is 724. The maximum atomic E-state index is 12.8. The molecule has 0 radical (unpaired) electrons. The minimum absolute atomic E-state index is 0.0534. The monoisotopic (exact) mass is 360 g/mol. The second-order valence-corrected chi connectivity index (χ2v) is 6.34. The Balaban J connectivity index is 1.80. The largest absolute Gasteiger partial charge is 0.457 e. The smallest absolute Gasteiger partial charge is 0.255 e. The number of nitrogens with one attached hydrogen (secondary N) is 2.